The van der Waals surface area contributed by atoms with Crippen molar-refractivity contribution in [3.05, 3.63) is 76.7 Å². The molecule has 0 aliphatic carbocycles. The highest BCUT2D eigenvalue weighted by Crippen LogP contribution is 2.42. The number of hydrogen-bond donors (Lipinski definition) is 0. The van der Waals surface area contributed by atoms with Crippen molar-refractivity contribution >= 4 is 17.4 Å². The first-order valence-corrected chi connectivity index (χ1v) is 15.3. The van der Waals surface area contributed by atoms with Crippen LogP contribution in [0.4, 0.5) is 42.2 Å². The normalized spacial score (nSPS) is 18.0. The summed E-state index contributed by atoms with van der Waals surface area (Å²) >= 11 is 0. The summed E-state index contributed by atoms with van der Waals surface area (Å²) < 4.78 is 96.1. The molecule has 1 aromatic heterocycles. The fraction of sp³-hybridized carbons (Fsp3) is 0.471. The predicted molar refractivity (Wildman–Crippen MR) is 163 cm³/mol. The van der Waals surface area contributed by atoms with Gasteiger partial charge in [0.2, 0.25) is 5.91 Å². The number of likely N-dealkylation sites (N-methyl/N-ethyl adjacent to an activating group) is 1. The smallest absolute Gasteiger partial charge is 0.352 e. The number of aromatic nitrogens is 1. The molecule has 12 heteroatoms. The second kappa shape index (κ2) is 12.5. The first kappa shape index (κ1) is 33.7. The molecular formula is C34H37F7N4O. The van der Waals surface area contributed by atoms with Crippen molar-refractivity contribution < 1.29 is 35.5 Å². The molecule has 0 radical (unpaired) electrons. The molecule has 46 heavy (non-hydrogen) atoms. The van der Waals surface area contributed by atoms with E-state index in [1.807, 2.05) is 6.07 Å². The van der Waals surface area contributed by atoms with E-state index < -0.39 is 46.2 Å². The average molecular weight is 651 g/mol. The number of likely N-dealkylation sites (tertiary alicyclic amines) is 1. The van der Waals surface area contributed by atoms with Gasteiger partial charge in [-0.2, -0.15) is 26.3 Å². The van der Waals surface area contributed by atoms with Crippen LogP contribution in [-0.2, 0) is 22.6 Å². The zero-order valence-corrected chi connectivity index (χ0v) is 26.2. The molecule has 2 aromatic carbocycles. The highest BCUT2D eigenvalue weighted by atomic mass is 19.4. The molecular weight excluding hydrogens is 613 g/mol. The summed E-state index contributed by atoms with van der Waals surface area (Å²) in [6.45, 7) is 8.09. The molecule has 3 heterocycles. The number of nitrogens with zero attached hydrogens (tertiary/aromatic N) is 4. The summed E-state index contributed by atoms with van der Waals surface area (Å²) in [6.07, 6.45) is -4.30. The quantitative estimate of drug-likeness (QED) is 0.242. The highest BCUT2D eigenvalue weighted by molar-refractivity contribution is 6.03. The van der Waals surface area contributed by atoms with Gasteiger partial charge in [0.05, 0.1) is 28.4 Å². The monoisotopic (exact) mass is 650 g/mol. The first-order valence-electron chi connectivity index (χ1n) is 15.3. The number of pyridine rings is 1. The van der Waals surface area contributed by atoms with Crippen LogP contribution in [-0.4, -0.2) is 55.1 Å². The second-order valence-corrected chi connectivity index (χ2v) is 12.8. The Morgan fingerprint density at radius 2 is 1.48 bits per heavy atom. The maximum atomic E-state index is 14.1. The minimum absolute atomic E-state index is 0.0428. The number of anilines is 2. The molecule has 5 nitrogen and oxygen atoms in total. The van der Waals surface area contributed by atoms with Crippen LogP contribution in [0.3, 0.4) is 0 Å². The molecule has 0 saturated carbocycles. The minimum atomic E-state index is -5.06. The molecule has 2 aliphatic heterocycles. The zero-order valence-electron chi connectivity index (χ0n) is 26.2. The van der Waals surface area contributed by atoms with Gasteiger partial charge in [-0.05, 0) is 113 Å². The predicted octanol–water partition coefficient (Wildman–Crippen LogP) is 8.24. The number of benzene rings is 2. The third kappa shape index (κ3) is 6.86. The summed E-state index contributed by atoms with van der Waals surface area (Å²) in [5.74, 6) is -0.515. The molecule has 1 atom stereocenters. The van der Waals surface area contributed by atoms with Gasteiger partial charge in [-0.15, -0.1) is 0 Å². The summed E-state index contributed by atoms with van der Waals surface area (Å²) in [6, 6.07) is 7.53. The Labute approximate surface area is 264 Å². The lowest BCUT2D eigenvalue weighted by atomic mass is 9.81. The van der Waals surface area contributed by atoms with Crippen molar-refractivity contribution in [2.75, 3.05) is 43.0 Å². The van der Waals surface area contributed by atoms with Gasteiger partial charge >= 0.3 is 12.4 Å². The Bertz CT molecular complexity index is 1560. The van der Waals surface area contributed by atoms with Crippen LogP contribution in [0.15, 0.2) is 48.7 Å². The molecule has 2 aliphatic rings. The van der Waals surface area contributed by atoms with Gasteiger partial charge in [0.1, 0.15) is 11.6 Å². The van der Waals surface area contributed by atoms with Crippen molar-refractivity contribution in [2.24, 2.45) is 0 Å². The van der Waals surface area contributed by atoms with E-state index in [2.05, 4.69) is 9.80 Å². The van der Waals surface area contributed by atoms with E-state index in [9.17, 15) is 35.5 Å². The Hall–Kier alpha value is -3.67. The topological polar surface area (TPSA) is 39.7 Å². The summed E-state index contributed by atoms with van der Waals surface area (Å²) in [7, 11) is 1.41. The van der Waals surface area contributed by atoms with E-state index in [-0.39, 0.29) is 17.8 Å². The molecule has 2 fully saturated rings. The fourth-order valence-electron chi connectivity index (χ4n) is 6.56. The summed E-state index contributed by atoms with van der Waals surface area (Å²) in [5.41, 5.74) is -3.20. The van der Waals surface area contributed by atoms with Crippen molar-refractivity contribution in [1.29, 1.82) is 0 Å². The maximum Gasteiger partial charge on any atom is 0.416 e. The molecule has 3 aromatic rings. The van der Waals surface area contributed by atoms with E-state index >= 15 is 0 Å². The largest absolute Gasteiger partial charge is 0.416 e. The molecule has 2 saturated heterocycles. The van der Waals surface area contributed by atoms with Gasteiger partial charge in [-0.25, -0.2) is 9.37 Å². The highest BCUT2D eigenvalue weighted by Gasteiger charge is 2.41. The standard InChI is InChI=1S/C34H37F7N4O/c1-21-14-25(35)9-10-27(21)28-18-30(45-13-7-8-26(45)20-44-11-5-6-12-44)42-19-29(28)43(4)31(46)32(2,3)22-15-23(33(36,37)38)17-24(16-22)34(39,40)41/h9-10,14-19,26H,5-8,11-13,20H2,1-4H3/t26-/m0/s1. The van der Waals surface area contributed by atoms with Crippen LogP contribution in [0.5, 0.6) is 0 Å². The Kier molecular flexibility index (Phi) is 9.15. The molecule has 1 amide bonds. The van der Waals surface area contributed by atoms with Crippen molar-refractivity contribution in [3.8, 4) is 11.1 Å². The van der Waals surface area contributed by atoms with Crippen LogP contribution < -0.4 is 9.80 Å². The number of halogens is 7. The number of aryl methyl sites for hydroxylation is 1. The Morgan fingerprint density at radius 1 is 0.870 bits per heavy atom. The van der Waals surface area contributed by atoms with Gasteiger partial charge < -0.3 is 14.7 Å². The molecule has 0 spiro atoms. The van der Waals surface area contributed by atoms with E-state index in [4.69, 9.17) is 4.98 Å². The van der Waals surface area contributed by atoms with E-state index in [1.165, 1.54) is 57.0 Å². The first-order chi connectivity index (χ1) is 21.5. The van der Waals surface area contributed by atoms with Gasteiger partial charge in [-0.1, -0.05) is 6.07 Å². The summed E-state index contributed by atoms with van der Waals surface area (Å²) in [4.78, 5) is 24.6. The third-order valence-corrected chi connectivity index (χ3v) is 9.20. The number of carbonyl (C=O) groups excluding carboxylic acids is 1. The van der Waals surface area contributed by atoms with Crippen molar-refractivity contribution in [2.45, 2.75) is 70.3 Å². The van der Waals surface area contributed by atoms with Crippen molar-refractivity contribution in [3.63, 3.8) is 0 Å². The molecule has 5 rings (SSSR count). The van der Waals surface area contributed by atoms with Crippen molar-refractivity contribution in [1.82, 2.24) is 9.88 Å². The number of amides is 1. The lowest BCUT2D eigenvalue weighted by molar-refractivity contribution is -0.143. The lowest BCUT2D eigenvalue weighted by Crippen LogP contribution is -2.42. The van der Waals surface area contributed by atoms with Crippen LogP contribution >= 0.6 is 0 Å². The second-order valence-electron chi connectivity index (χ2n) is 12.8. The maximum absolute atomic E-state index is 14.1. The lowest BCUT2D eigenvalue weighted by Gasteiger charge is -2.33. The third-order valence-electron chi connectivity index (χ3n) is 9.20. The van der Waals surface area contributed by atoms with Crippen LogP contribution in [0, 0.1) is 12.7 Å². The summed E-state index contributed by atoms with van der Waals surface area (Å²) in [5, 5.41) is 0. The molecule has 248 valence electrons. The number of carbonyl (C=O) groups is 1. The van der Waals surface area contributed by atoms with Gasteiger partial charge in [-0.3, -0.25) is 4.79 Å². The van der Waals surface area contributed by atoms with E-state index in [1.54, 1.807) is 13.0 Å². The number of hydrogen-bond acceptors (Lipinski definition) is 4. The van der Waals surface area contributed by atoms with Gasteiger partial charge in [0, 0.05) is 31.7 Å². The van der Waals surface area contributed by atoms with Crippen LogP contribution in [0.1, 0.15) is 61.8 Å². The van der Waals surface area contributed by atoms with E-state index in [0.29, 0.717) is 34.6 Å². The zero-order chi connectivity index (χ0) is 33.6. The van der Waals surface area contributed by atoms with E-state index in [0.717, 1.165) is 39.0 Å². The Balaban J connectivity index is 1.56. The van der Waals surface area contributed by atoms with Crippen LogP contribution in [0.2, 0.25) is 0 Å². The molecule has 0 bridgehead atoms. The van der Waals surface area contributed by atoms with Gasteiger partial charge in [0.25, 0.3) is 0 Å². The van der Waals surface area contributed by atoms with Crippen LogP contribution in [0.25, 0.3) is 11.1 Å². The SMILES string of the molecule is Cc1cc(F)ccc1-c1cc(N2CCC[C@H]2CN2CCCC2)ncc1N(C)C(=O)C(C)(C)c1cc(C(F)(F)F)cc(C(F)(F)F)c1. The minimum Gasteiger partial charge on any atom is -0.352 e. The number of alkyl halides is 6. The Morgan fingerprint density at radius 3 is 2.07 bits per heavy atom. The number of rotatable bonds is 7. The fourth-order valence-corrected chi connectivity index (χ4v) is 6.56. The molecule has 0 N–H and O–H groups in total. The average Bonchev–Trinajstić information content (AvgIpc) is 3.68. The van der Waals surface area contributed by atoms with Gasteiger partial charge in [0.15, 0.2) is 0 Å². The molecule has 0 unspecified atom stereocenters.